The van der Waals surface area contributed by atoms with Crippen LogP contribution >= 0.6 is 0 Å². The van der Waals surface area contributed by atoms with Crippen molar-refractivity contribution in [2.45, 2.75) is 19.1 Å². The highest BCUT2D eigenvalue weighted by molar-refractivity contribution is 5.00. The van der Waals surface area contributed by atoms with Gasteiger partial charge in [0.05, 0.1) is 12.3 Å². The molecule has 0 radical (unpaired) electrons. The second-order valence-electron chi connectivity index (χ2n) is 3.47. The first-order valence-corrected chi connectivity index (χ1v) is 5.13. The van der Waals surface area contributed by atoms with Gasteiger partial charge in [0, 0.05) is 31.2 Å². The molecule has 0 fully saturated rings. The van der Waals surface area contributed by atoms with Gasteiger partial charge in [-0.15, -0.1) is 0 Å². The van der Waals surface area contributed by atoms with Gasteiger partial charge in [0.1, 0.15) is 6.61 Å². The zero-order valence-corrected chi connectivity index (χ0v) is 9.37. The smallest absolute Gasteiger partial charge is 0.371 e. The molecule has 0 bridgehead atoms. The number of nitrogens with zero attached hydrogens (tertiary/aromatic N) is 2. The fraction of sp³-hybridized carbons (Fsp3) is 0.600. The number of hydrogen-bond acceptors (Lipinski definition) is 4. The molecular weight excluding hydrogens is 235 g/mol. The lowest BCUT2D eigenvalue weighted by atomic mass is 10.2. The zero-order valence-electron chi connectivity index (χ0n) is 9.37. The van der Waals surface area contributed by atoms with Crippen LogP contribution in [0.15, 0.2) is 18.6 Å². The number of halogens is 3. The Morgan fingerprint density at radius 2 is 2.18 bits per heavy atom. The number of alkyl halides is 3. The lowest BCUT2D eigenvalue weighted by Gasteiger charge is -2.13. The molecule has 0 aromatic carbocycles. The van der Waals surface area contributed by atoms with Crippen molar-refractivity contribution in [1.82, 2.24) is 15.3 Å². The molecule has 1 unspecified atom stereocenters. The molecule has 1 aromatic heterocycles. The van der Waals surface area contributed by atoms with Gasteiger partial charge < -0.3 is 10.1 Å². The van der Waals surface area contributed by atoms with Crippen molar-refractivity contribution >= 4 is 0 Å². The highest BCUT2D eigenvalue weighted by Crippen LogP contribution is 2.14. The van der Waals surface area contributed by atoms with E-state index in [9.17, 15) is 13.2 Å². The molecule has 0 aliphatic heterocycles. The van der Waals surface area contributed by atoms with E-state index in [1.807, 2.05) is 6.92 Å². The SMILES string of the molecule is CC(NCCOCC(F)(F)F)c1cnccn1. The quantitative estimate of drug-likeness (QED) is 0.780. The first-order chi connectivity index (χ1) is 7.99. The molecule has 0 spiro atoms. The Bertz CT molecular complexity index is 318. The molecular formula is C10H14F3N3O. The first-order valence-electron chi connectivity index (χ1n) is 5.13. The minimum atomic E-state index is -4.27. The van der Waals surface area contributed by atoms with Gasteiger partial charge in [-0.25, -0.2) is 0 Å². The molecule has 96 valence electrons. The van der Waals surface area contributed by atoms with E-state index in [1.165, 1.54) is 0 Å². The van der Waals surface area contributed by atoms with E-state index >= 15 is 0 Å². The third-order valence-corrected chi connectivity index (χ3v) is 1.99. The van der Waals surface area contributed by atoms with Crippen LogP contribution in [0, 0.1) is 0 Å². The summed E-state index contributed by atoms with van der Waals surface area (Å²) in [5, 5.41) is 2.99. The van der Waals surface area contributed by atoms with Gasteiger partial charge in [0.2, 0.25) is 0 Å². The Morgan fingerprint density at radius 1 is 1.41 bits per heavy atom. The summed E-state index contributed by atoms with van der Waals surface area (Å²) in [6.45, 7) is 0.972. The normalized spacial score (nSPS) is 13.6. The van der Waals surface area contributed by atoms with Crippen LogP contribution in [-0.4, -0.2) is 35.9 Å². The number of hydrogen-bond donors (Lipinski definition) is 1. The summed E-state index contributed by atoms with van der Waals surface area (Å²) in [4.78, 5) is 7.97. The Balaban J connectivity index is 2.15. The van der Waals surface area contributed by atoms with E-state index in [4.69, 9.17) is 0 Å². The summed E-state index contributed by atoms with van der Waals surface area (Å²) in [6, 6.07) is -0.0711. The molecule has 17 heavy (non-hydrogen) atoms. The van der Waals surface area contributed by atoms with Gasteiger partial charge in [-0.2, -0.15) is 13.2 Å². The highest BCUT2D eigenvalue weighted by atomic mass is 19.4. The number of rotatable bonds is 6. The molecule has 7 heteroatoms. The van der Waals surface area contributed by atoms with Gasteiger partial charge >= 0.3 is 6.18 Å². The molecule has 0 aliphatic carbocycles. The van der Waals surface area contributed by atoms with Crippen molar-refractivity contribution in [3.8, 4) is 0 Å². The fourth-order valence-corrected chi connectivity index (χ4v) is 1.17. The number of aromatic nitrogens is 2. The molecule has 0 saturated carbocycles. The van der Waals surface area contributed by atoms with E-state index in [0.29, 0.717) is 6.54 Å². The Hall–Kier alpha value is -1.21. The van der Waals surface area contributed by atoms with Gasteiger partial charge in [0.25, 0.3) is 0 Å². The summed E-state index contributed by atoms with van der Waals surface area (Å²) in [7, 11) is 0. The van der Waals surface area contributed by atoms with Crippen molar-refractivity contribution in [1.29, 1.82) is 0 Å². The topological polar surface area (TPSA) is 47.0 Å². The van der Waals surface area contributed by atoms with Crippen molar-refractivity contribution < 1.29 is 17.9 Å². The Morgan fingerprint density at radius 3 is 2.76 bits per heavy atom. The molecule has 1 rings (SSSR count). The molecule has 1 atom stereocenters. The van der Waals surface area contributed by atoms with E-state index < -0.39 is 12.8 Å². The van der Waals surface area contributed by atoms with Crippen LogP contribution in [0.2, 0.25) is 0 Å². The summed E-state index contributed by atoms with van der Waals surface area (Å²) >= 11 is 0. The Labute approximate surface area is 97.2 Å². The second-order valence-corrected chi connectivity index (χ2v) is 3.47. The third-order valence-electron chi connectivity index (χ3n) is 1.99. The molecule has 1 heterocycles. The van der Waals surface area contributed by atoms with Crippen LogP contribution in [0.5, 0.6) is 0 Å². The van der Waals surface area contributed by atoms with Crippen molar-refractivity contribution in [2.75, 3.05) is 19.8 Å². The van der Waals surface area contributed by atoms with Crippen LogP contribution in [0.1, 0.15) is 18.7 Å². The lowest BCUT2D eigenvalue weighted by Crippen LogP contribution is -2.26. The largest absolute Gasteiger partial charge is 0.411 e. The minimum absolute atomic E-state index is 0.00408. The average molecular weight is 249 g/mol. The van der Waals surface area contributed by atoms with Gasteiger partial charge in [0.15, 0.2) is 0 Å². The molecule has 4 nitrogen and oxygen atoms in total. The molecule has 0 saturated heterocycles. The molecule has 0 aliphatic rings. The van der Waals surface area contributed by atoms with Gasteiger partial charge in [-0.1, -0.05) is 0 Å². The molecule has 1 N–H and O–H groups in total. The maximum atomic E-state index is 11.7. The first kappa shape index (κ1) is 13.9. The maximum Gasteiger partial charge on any atom is 0.411 e. The summed E-state index contributed by atoms with van der Waals surface area (Å²) in [5.74, 6) is 0. The van der Waals surface area contributed by atoms with Crippen molar-refractivity contribution in [2.24, 2.45) is 0 Å². The highest BCUT2D eigenvalue weighted by Gasteiger charge is 2.27. The van der Waals surface area contributed by atoms with Crippen LogP contribution in [0.4, 0.5) is 13.2 Å². The van der Waals surface area contributed by atoms with Crippen LogP contribution in [-0.2, 0) is 4.74 Å². The predicted molar refractivity (Wildman–Crippen MR) is 55.3 cm³/mol. The van der Waals surface area contributed by atoms with Gasteiger partial charge in [-0.3, -0.25) is 9.97 Å². The predicted octanol–water partition coefficient (Wildman–Crippen LogP) is 1.71. The lowest BCUT2D eigenvalue weighted by molar-refractivity contribution is -0.173. The van der Waals surface area contributed by atoms with E-state index in [2.05, 4.69) is 20.0 Å². The van der Waals surface area contributed by atoms with Crippen molar-refractivity contribution in [3.63, 3.8) is 0 Å². The second kappa shape index (κ2) is 6.51. The summed E-state index contributed by atoms with van der Waals surface area (Å²) in [5.41, 5.74) is 0.739. The van der Waals surface area contributed by atoms with Gasteiger partial charge in [-0.05, 0) is 6.92 Å². The maximum absolute atomic E-state index is 11.7. The van der Waals surface area contributed by atoms with E-state index in [1.54, 1.807) is 18.6 Å². The third kappa shape index (κ3) is 6.18. The summed E-state index contributed by atoms with van der Waals surface area (Å²) < 4.78 is 39.7. The van der Waals surface area contributed by atoms with Crippen LogP contribution in [0.25, 0.3) is 0 Å². The van der Waals surface area contributed by atoms with Crippen LogP contribution < -0.4 is 5.32 Å². The minimum Gasteiger partial charge on any atom is -0.371 e. The molecule has 1 aromatic rings. The number of ether oxygens (including phenoxy) is 1. The average Bonchev–Trinajstić information content (AvgIpc) is 2.28. The zero-order chi connectivity index (χ0) is 12.7. The van der Waals surface area contributed by atoms with Crippen LogP contribution in [0.3, 0.4) is 0 Å². The molecule has 0 amide bonds. The standard InChI is InChI=1S/C10H14F3N3O/c1-8(9-6-14-2-3-16-9)15-4-5-17-7-10(11,12)13/h2-3,6,8,15H,4-5,7H2,1H3. The van der Waals surface area contributed by atoms with E-state index in [0.717, 1.165) is 5.69 Å². The number of nitrogens with one attached hydrogen (secondary N) is 1. The van der Waals surface area contributed by atoms with E-state index in [-0.39, 0.29) is 12.6 Å². The Kier molecular flexibility index (Phi) is 5.30. The van der Waals surface area contributed by atoms with Crippen molar-refractivity contribution in [3.05, 3.63) is 24.3 Å². The fourth-order valence-electron chi connectivity index (χ4n) is 1.17. The summed E-state index contributed by atoms with van der Waals surface area (Å²) in [6.07, 6.45) is 0.459. The monoisotopic (exact) mass is 249 g/mol.